The fourth-order valence-electron chi connectivity index (χ4n) is 4.23. The predicted molar refractivity (Wildman–Crippen MR) is 102 cm³/mol. The van der Waals surface area contributed by atoms with Crippen LogP contribution in [0.1, 0.15) is 19.3 Å². The summed E-state index contributed by atoms with van der Waals surface area (Å²) in [5, 5.41) is 0. The van der Waals surface area contributed by atoms with E-state index in [0.717, 1.165) is 12.8 Å². The standard InChI is InChI=1S/C18H24N2O5S.ClH/c19-15-3-1-12-10-20(11-14(12)15)18(21)5-8-26(22,23)13-2-4-16-17(9-13)25-7-6-24-16;/h2,4,9,12,14-15H,1,3,5-8,10-11,19H2;1H. The highest BCUT2D eigenvalue weighted by molar-refractivity contribution is 7.91. The minimum absolute atomic E-state index is 0. The van der Waals surface area contributed by atoms with Crippen LogP contribution in [0, 0.1) is 11.8 Å². The maximum absolute atomic E-state index is 12.6. The molecule has 1 aliphatic carbocycles. The summed E-state index contributed by atoms with van der Waals surface area (Å²) < 4.78 is 36.0. The van der Waals surface area contributed by atoms with Crippen molar-refractivity contribution in [1.82, 2.24) is 4.90 Å². The Morgan fingerprint density at radius 2 is 1.89 bits per heavy atom. The molecule has 4 rings (SSSR count). The Labute approximate surface area is 165 Å². The number of nitrogens with zero attached hydrogens (tertiary/aromatic N) is 1. The Kier molecular flexibility index (Phi) is 5.88. The van der Waals surface area contributed by atoms with Gasteiger partial charge in [0.05, 0.1) is 10.6 Å². The average Bonchev–Trinajstić information content (AvgIpc) is 3.22. The molecule has 3 unspecified atom stereocenters. The van der Waals surface area contributed by atoms with Gasteiger partial charge in [-0.3, -0.25) is 4.79 Å². The van der Waals surface area contributed by atoms with Crippen LogP contribution in [-0.2, 0) is 14.6 Å². The summed E-state index contributed by atoms with van der Waals surface area (Å²) in [4.78, 5) is 14.4. The Bertz CT molecular complexity index is 816. The number of carbonyl (C=O) groups is 1. The van der Waals surface area contributed by atoms with E-state index in [4.69, 9.17) is 15.2 Å². The molecule has 0 bridgehead atoms. The van der Waals surface area contributed by atoms with Gasteiger partial charge in [0.1, 0.15) is 13.2 Å². The molecule has 1 aromatic carbocycles. The van der Waals surface area contributed by atoms with Crippen LogP contribution in [0.3, 0.4) is 0 Å². The van der Waals surface area contributed by atoms with Crippen molar-refractivity contribution in [3.05, 3.63) is 18.2 Å². The van der Waals surface area contributed by atoms with E-state index in [0.29, 0.717) is 49.6 Å². The predicted octanol–water partition coefficient (Wildman–Crippen LogP) is 1.24. The van der Waals surface area contributed by atoms with Crippen LogP contribution in [0.25, 0.3) is 0 Å². The molecule has 0 radical (unpaired) electrons. The van der Waals surface area contributed by atoms with Gasteiger partial charge in [-0.2, -0.15) is 0 Å². The summed E-state index contributed by atoms with van der Waals surface area (Å²) in [6.07, 6.45) is 2.08. The van der Waals surface area contributed by atoms with Crippen LogP contribution in [0.15, 0.2) is 23.1 Å². The summed E-state index contributed by atoms with van der Waals surface area (Å²) >= 11 is 0. The maximum Gasteiger partial charge on any atom is 0.223 e. The molecule has 150 valence electrons. The molecule has 0 aromatic heterocycles. The van der Waals surface area contributed by atoms with Crippen molar-refractivity contribution in [3.8, 4) is 11.5 Å². The van der Waals surface area contributed by atoms with Gasteiger partial charge in [0.15, 0.2) is 21.3 Å². The normalized spacial score (nSPS) is 26.4. The van der Waals surface area contributed by atoms with E-state index >= 15 is 0 Å². The van der Waals surface area contributed by atoms with Crippen LogP contribution in [0.5, 0.6) is 11.5 Å². The van der Waals surface area contributed by atoms with Crippen molar-refractivity contribution >= 4 is 28.2 Å². The molecule has 3 atom stereocenters. The fraction of sp³-hybridized carbons (Fsp3) is 0.611. The number of halogens is 1. The lowest BCUT2D eigenvalue weighted by Gasteiger charge is -2.20. The van der Waals surface area contributed by atoms with Gasteiger partial charge in [0, 0.05) is 31.6 Å². The summed E-state index contributed by atoms with van der Waals surface area (Å²) in [5.74, 6) is 1.52. The number of hydrogen-bond acceptors (Lipinski definition) is 6. The first-order valence-electron chi connectivity index (χ1n) is 9.10. The molecule has 3 aliphatic rings. The molecular formula is C18H25ClN2O5S. The molecule has 1 saturated carbocycles. The van der Waals surface area contributed by atoms with Crippen molar-refractivity contribution in [2.75, 3.05) is 32.1 Å². The van der Waals surface area contributed by atoms with Crippen molar-refractivity contribution in [3.63, 3.8) is 0 Å². The molecule has 9 heteroatoms. The van der Waals surface area contributed by atoms with Gasteiger partial charge >= 0.3 is 0 Å². The number of ether oxygens (including phenoxy) is 2. The summed E-state index contributed by atoms with van der Waals surface area (Å²) in [5.41, 5.74) is 6.10. The first kappa shape index (κ1) is 20.2. The van der Waals surface area contributed by atoms with Crippen LogP contribution < -0.4 is 15.2 Å². The zero-order valence-corrected chi connectivity index (χ0v) is 16.6. The number of carbonyl (C=O) groups excluding carboxylic acids is 1. The van der Waals surface area contributed by atoms with Crippen molar-refractivity contribution in [2.24, 2.45) is 17.6 Å². The SMILES string of the molecule is Cl.NC1CCC2CN(C(=O)CCS(=O)(=O)c3ccc4c(c3)OCCO4)CC12. The molecule has 2 N–H and O–H groups in total. The molecule has 7 nitrogen and oxygen atoms in total. The minimum Gasteiger partial charge on any atom is -0.486 e. The van der Waals surface area contributed by atoms with E-state index in [1.807, 2.05) is 0 Å². The van der Waals surface area contributed by atoms with E-state index in [2.05, 4.69) is 0 Å². The second-order valence-electron chi connectivity index (χ2n) is 7.34. The van der Waals surface area contributed by atoms with Gasteiger partial charge in [-0.1, -0.05) is 0 Å². The zero-order valence-electron chi connectivity index (χ0n) is 15.0. The van der Waals surface area contributed by atoms with Gasteiger partial charge < -0.3 is 20.1 Å². The van der Waals surface area contributed by atoms with Crippen LogP contribution >= 0.6 is 12.4 Å². The number of rotatable bonds is 4. The van der Waals surface area contributed by atoms with Gasteiger partial charge in [-0.25, -0.2) is 8.42 Å². The van der Waals surface area contributed by atoms with Crippen molar-refractivity contribution in [1.29, 1.82) is 0 Å². The number of amides is 1. The lowest BCUT2D eigenvalue weighted by atomic mass is 9.98. The number of likely N-dealkylation sites (tertiary alicyclic amines) is 1. The molecule has 2 fully saturated rings. The van der Waals surface area contributed by atoms with Gasteiger partial charge in [-0.15, -0.1) is 12.4 Å². The Hall–Kier alpha value is -1.51. The Balaban J connectivity index is 0.00000210. The number of benzene rings is 1. The quantitative estimate of drug-likeness (QED) is 0.792. The minimum atomic E-state index is -3.56. The van der Waals surface area contributed by atoms with E-state index in [-0.39, 0.29) is 41.4 Å². The van der Waals surface area contributed by atoms with Crippen LogP contribution in [0.4, 0.5) is 0 Å². The molecule has 1 saturated heterocycles. The monoisotopic (exact) mass is 416 g/mol. The van der Waals surface area contributed by atoms with Crippen molar-refractivity contribution in [2.45, 2.75) is 30.2 Å². The molecule has 27 heavy (non-hydrogen) atoms. The van der Waals surface area contributed by atoms with Crippen molar-refractivity contribution < 1.29 is 22.7 Å². The lowest BCUT2D eigenvalue weighted by Crippen LogP contribution is -2.34. The first-order chi connectivity index (χ1) is 12.4. The van der Waals surface area contributed by atoms with E-state index in [9.17, 15) is 13.2 Å². The molecule has 1 aromatic rings. The van der Waals surface area contributed by atoms with E-state index < -0.39 is 9.84 Å². The smallest absolute Gasteiger partial charge is 0.223 e. The van der Waals surface area contributed by atoms with Gasteiger partial charge in [0.25, 0.3) is 0 Å². The number of hydrogen-bond donors (Lipinski definition) is 1. The van der Waals surface area contributed by atoms with Gasteiger partial charge in [-0.05, 0) is 36.8 Å². The van der Waals surface area contributed by atoms with E-state index in [1.54, 1.807) is 11.0 Å². The Morgan fingerprint density at radius 1 is 1.15 bits per heavy atom. The van der Waals surface area contributed by atoms with Crippen LogP contribution in [0.2, 0.25) is 0 Å². The molecule has 2 aliphatic heterocycles. The molecule has 2 heterocycles. The lowest BCUT2D eigenvalue weighted by molar-refractivity contribution is -0.130. The summed E-state index contributed by atoms with van der Waals surface area (Å²) in [6, 6.07) is 4.76. The first-order valence-corrected chi connectivity index (χ1v) is 10.7. The van der Waals surface area contributed by atoms with E-state index in [1.165, 1.54) is 12.1 Å². The molecular weight excluding hydrogens is 392 g/mol. The molecule has 1 amide bonds. The largest absolute Gasteiger partial charge is 0.486 e. The highest BCUT2D eigenvalue weighted by atomic mass is 35.5. The fourth-order valence-corrected chi connectivity index (χ4v) is 5.47. The zero-order chi connectivity index (χ0) is 18.3. The van der Waals surface area contributed by atoms with Gasteiger partial charge in [0.2, 0.25) is 5.91 Å². The third-order valence-electron chi connectivity index (χ3n) is 5.72. The highest BCUT2D eigenvalue weighted by Crippen LogP contribution is 2.37. The summed E-state index contributed by atoms with van der Waals surface area (Å²) in [7, 11) is -3.56. The Morgan fingerprint density at radius 3 is 2.63 bits per heavy atom. The number of sulfone groups is 1. The second kappa shape index (κ2) is 7.85. The van der Waals surface area contributed by atoms with Crippen LogP contribution in [-0.4, -0.2) is 57.3 Å². The summed E-state index contributed by atoms with van der Waals surface area (Å²) in [6.45, 7) is 2.22. The third kappa shape index (κ3) is 4.02. The molecule has 0 spiro atoms. The topological polar surface area (TPSA) is 98.9 Å². The average molecular weight is 417 g/mol. The highest BCUT2D eigenvalue weighted by Gasteiger charge is 2.42. The maximum atomic E-state index is 12.6. The second-order valence-corrected chi connectivity index (χ2v) is 9.45. The number of fused-ring (bicyclic) bond motifs is 2. The third-order valence-corrected chi connectivity index (χ3v) is 7.44. The number of nitrogens with two attached hydrogens (primary N) is 1.